The molecule has 0 saturated carbocycles. The molecule has 1 atom stereocenters. The zero-order chi connectivity index (χ0) is 29.0. The molecule has 1 aromatic heterocycles. The molecule has 3 aromatic rings. The van der Waals surface area contributed by atoms with Crippen LogP contribution in [0.4, 0.5) is 33.9 Å². The quantitative estimate of drug-likeness (QED) is 0.378. The summed E-state index contributed by atoms with van der Waals surface area (Å²) in [4.78, 5) is 31.4. The first-order valence-electron chi connectivity index (χ1n) is 12.1. The van der Waals surface area contributed by atoms with Crippen molar-refractivity contribution in [3.63, 3.8) is 0 Å². The highest BCUT2D eigenvalue weighted by Gasteiger charge is 2.33. The van der Waals surface area contributed by atoms with Gasteiger partial charge in [0.1, 0.15) is 23.5 Å². The molecule has 3 amide bonds. The van der Waals surface area contributed by atoms with Gasteiger partial charge >= 0.3 is 16.2 Å². The number of nitrogens with zero attached hydrogens (tertiary/aromatic N) is 3. The molecule has 4 rings (SSSR count). The summed E-state index contributed by atoms with van der Waals surface area (Å²) < 4.78 is 81.7. The molecule has 0 fully saturated rings. The summed E-state index contributed by atoms with van der Waals surface area (Å²) in [6, 6.07) is 8.93. The van der Waals surface area contributed by atoms with Crippen LogP contribution in [0.1, 0.15) is 16.7 Å². The van der Waals surface area contributed by atoms with Crippen molar-refractivity contribution in [3.8, 4) is 0 Å². The van der Waals surface area contributed by atoms with Crippen LogP contribution in [-0.4, -0.2) is 51.4 Å². The fourth-order valence-corrected chi connectivity index (χ4v) is 5.46. The lowest BCUT2D eigenvalue weighted by Gasteiger charge is -2.26. The molecule has 0 spiro atoms. The second-order valence-corrected chi connectivity index (χ2v) is 10.7. The fourth-order valence-electron chi connectivity index (χ4n) is 4.33. The molecule has 1 aliphatic rings. The summed E-state index contributed by atoms with van der Waals surface area (Å²) in [6.45, 7) is 0.0458. The Bertz CT molecular complexity index is 1480. The Hall–Kier alpha value is -4.20. The van der Waals surface area contributed by atoms with Crippen LogP contribution < -0.4 is 19.2 Å². The standard InChI is InChI=1S/C26H25F4N5O4S/c1-34(21-6-4-16(5-7-21)14-23(29)30)25(36)22(13-17-11-19(27)15-20(28)12-17)32-26(37)33-40(38,39)35-10-8-18-3-2-9-31-24(18)35/h2-7,9,11-12,15,22-23H,8,10,13-14H2,1H3,(H2,32,33,37)/t22-/m0/s1. The molecule has 0 saturated heterocycles. The number of anilines is 2. The number of nitrogens with one attached hydrogen (secondary N) is 2. The number of benzene rings is 2. The second-order valence-electron chi connectivity index (χ2n) is 9.08. The number of pyridine rings is 1. The van der Waals surface area contributed by atoms with E-state index in [1.165, 1.54) is 37.5 Å². The first-order valence-corrected chi connectivity index (χ1v) is 13.5. The van der Waals surface area contributed by atoms with Gasteiger partial charge in [-0.1, -0.05) is 18.2 Å². The van der Waals surface area contributed by atoms with Gasteiger partial charge < -0.3 is 10.2 Å². The smallest absolute Gasteiger partial charge is 0.325 e. The monoisotopic (exact) mass is 579 g/mol. The number of amides is 3. The average Bonchev–Trinajstić information content (AvgIpc) is 3.32. The highest BCUT2D eigenvalue weighted by atomic mass is 32.2. The Labute approximate surface area is 228 Å². The van der Waals surface area contributed by atoms with E-state index in [9.17, 15) is 35.6 Å². The number of fused-ring (bicyclic) bond motifs is 1. The molecule has 40 heavy (non-hydrogen) atoms. The van der Waals surface area contributed by atoms with Gasteiger partial charge in [-0.3, -0.25) is 4.79 Å². The number of rotatable bonds is 9. The predicted molar refractivity (Wildman–Crippen MR) is 139 cm³/mol. The maximum Gasteiger partial charge on any atom is 0.330 e. The van der Waals surface area contributed by atoms with E-state index >= 15 is 0 Å². The van der Waals surface area contributed by atoms with Gasteiger partial charge in [0.25, 0.3) is 0 Å². The summed E-state index contributed by atoms with van der Waals surface area (Å²) in [7, 11) is -3.06. The molecule has 0 bridgehead atoms. The number of hydrogen-bond donors (Lipinski definition) is 2. The van der Waals surface area contributed by atoms with Crippen LogP contribution >= 0.6 is 0 Å². The van der Waals surface area contributed by atoms with E-state index < -0.39 is 52.7 Å². The SMILES string of the molecule is CN(C(=O)[C@H](Cc1cc(F)cc(F)c1)NC(=O)NS(=O)(=O)N1CCc2cccnc21)c1ccc(CC(F)F)cc1. The van der Waals surface area contributed by atoms with Gasteiger partial charge in [-0.2, -0.15) is 8.42 Å². The molecule has 2 N–H and O–H groups in total. The van der Waals surface area contributed by atoms with Crippen molar-refractivity contribution >= 4 is 33.7 Å². The maximum atomic E-state index is 13.8. The first-order chi connectivity index (χ1) is 18.9. The number of alkyl halides is 2. The molecule has 2 heterocycles. The van der Waals surface area contributed by atoms with Crippen molar-refractivity contribution in [1.82, 2.24) is 15.0 Å². The lowest BCUT2D eigenvalue weighted by Crippen LogP contribution is -2.54. The maximum absolute atomic E-state index is 13.8. The Morgan fingerprint density at radius 3 is 2.35 bits per heavy atom. The third-order valence-electron chi connectivity index (χ3n) is 6.21. The van der Waals surface area contributed by atoms with E-state index in [2.05, 4.69) is 10.3 Å². The van der Waals surface area contributed by atoms with E-state index in [1.807, 2.05) is 4.72 Å². The Morgan fingerprint density at radius 2 is 1.70 bits per heavy atom. The molecule has 2 aromatic carbocycles. The molecule has 14 heteroatoms. The zero-order valence-electron chi connectivity index (χ0n) is 21.2. The summed E-state index contributed by atoms with van der Waals surface area (Å²) >= 11 is 0. The van der Waals surface area contributed by atoms with Crippen LogP contribution in [0, 0.1) is 11.6 Å². The fraction of sp³-hybridized carbons (Fsp3) is 0.269. The molecular formula is C26H25F4N5O4S. The first kappa shape index (κ1) is 28.8. The van der Waals surface area contributed by atoms with Crippen LogP contribution in [0.5, 0.6) is 0 Å². The van der Waals surface area contributed by atoms with Crippen LogP contribution in [0.2, 0.25) is 0 Å². The van der Waals surface area contributed by atoms with Crippen molar-refractivity contribution in [2.24, 2.45) is 0 Å². The van der Waals surface area contributed by atoms with Gasteiger partial charge in [-0.25, -0.2) is 36.4 Å². The molecule has 0 aliphatic carbocycles. The lowest BCUT2D eigenvalue weighted by atomic mass is 10.0. The minimum Gasteiger partial charge on any atom is -0.325 e. The summed E-state index contributed by atoms with van der Waals surface area (Å²) in [5, 5.41) is 2.28. The molecule has 212 valence electrons. The van der Waals surface area contributed by atoms with Gasteiger partial charge in [0.05, 0.1) is 0 Å². The van der Waals surface area contributed by atoms with Gasteiger partial charge in [0, 0.05) is 44.4 Å². The third-order valence-corrected chi connectivity index (χ3v) is 7.59. The Kier molecular flexibility index (Phi) is 8.57. The Balaban J connectivity index is 1.54. The van der Waals surface area contributed by atoms with Crippen LogP contribution in [-0.2, 0) is 34.3 Å². The number of urea groups is 1. The van der Waals surface area contributed by atoms with Crippen LogP contribution in [0.15, 0.2) is 60.8 Å². The van der Waals surface area contributed by atoms with Crippen molar-refractivity contribution in [3.05, 3.63) is 89.1 Å². The lowest BCUT2D eigenvalue weighted by molar-refractivity contribution is -0.120. The van der Waals surface area contributed by atoms with Gasteiger partial charge in [-0.15, -0.1) is 0 Å². The normalized spacial score (nSPS) is 13.6. The average molecular weight is 580 g/mol. The van der Waals surface area contributed by atoms with Crippen molar-refractivity contribution < 1.29 is 35.6 Å². The van der Waals surface area contributed by atoms with Gasteiger partial charge in [0.15, 0.2) is 0 Å². The van der Waals surface area contributed by atoms with Crippen molar-refractivity contribution in [2.45, 2.75) is 31.7 Å². The molecule has 0 unspecified atom stereocenters. The highest BCUT2D eigenvalue weighted by Crippen LogP contribution is 2.26. The van der Waals surface area contributed by atoms with Crippen molar-refractivity contribution in [2.75, 3.05) is 22.8 Å². The highest BCUT2D eigenvalue weighted by molar-refractivity contribution is 7.91. The van der Waals surface area contributed by atoms with Crippen LogP contribution in [0.25, 0.3) is 0 Å². The van der Waals surface area contributed by atoms with E-state index in [1.54, 1.807) is 12.1 Å². The molecule has 0 radical (unpaired) electrons. The summed E-state index contributed by atoms with van der Waals surface area (Å²) in [5.41, 5.74) is 1.33. The third kappa shape index (κ3) is 6.86. The number of carbonyl (C=O) groups is 2. The molecule has 9 nitrogen and oxygen atoms in total. The number of halogens is 4. The number of carbonyl (C=O) groups excluding carboxylic acids is 2. The number of hydrogen-bond acceptors (Lipinski definition) is 5. The predicted octanol–water partition coefficient (Wildman–Crippen LogP) is 3.35. The number of aromatic nitrogens is 1. The summed E-state index contributed by atoms with van der Waals surface area (Å²) in [5.74, 6) is -2.40. The largest absolute Gasteiger partial charge is 0.330 e. The zero-order valence-corrected chi connectivity index (χ0v) is 22.0. The molecule has 1 aliphatic heterocycles. The Morgan fingerprint density at radius 1 is 1.02 bits per heavy atom. The van der Waals surface area contributed by atoms with E-state index in [0.29, 0.717) is 23.6 Å². The minimum atomic E-state index is -4.41. The van der Waals surface area contributed by atoms with Crippen molar-refractivity contribution in [1.29, 1.82) is 0 Å². The van der Waals surface area contributed by atoms with Gasteiger partial charge in [-0.05, 0) is 53.4 Å². The summed E-state index contributed by atoms with van der Waals surface area (Å²) in [6.07, 6.45) is -1.61. The topological polar surface area (TPSA) is 112 Å². The second kappa shape index (κ2) is 11.9. The van der Waals surface area contributed by atoms with E-state index in [0.717, 1.165) is 21.3 Å². The van der Waals surface area contributed by atoms with Gasteiger partial charge in [0.2, 0.25) is 12.3 Å². The van der Waals surface area contributed by atoms with E-state index in [-0.39, 0.29) is 30.0 Å². The van der Waals surface area contributed by atoms with Crippen LogP contribution in [0.3, 0.4) is 0 Å². The number of likely N-dealkylation sites (N-methyl/N-ethyl adjacent to an activating group) is 1. The molecular weight excluding hydrogens is 554 g/mol. The minimum absolute atomic E-state index is 0.0253. The van der Waals surface area contributed by atoms with E-state index in [4.69, 9.17) is 0 Å².